The Labute approximate surface area is 161 Å². The Morgan fingerprint density at radius 2 is 1.75 bits per heavy atom. The predicted molar refractivity (Wildman–Crippen MR) is 103 cm³/mol. The van der Waals surface area contributed by atoms with Crippen LogP contribution in [0.3, 0.4) is 0 Å². The van der Waals surface area contributed by atoms with Crippen molar-refractivity contribution < 1.29 is 13.9 Å². The maximum atomic E-state index is 13.8. The van der Waals surface area contributed by atoms with E-state index in [1.807, 2.05) is 36.2 Å². The number of hydrogen-bond donors (Lipinski definition) is 1. The predicted octanol–water partition coefficient (Wildman–Crippen LogP) is 3.50. The summed E-state index contributed by atoms with van der Waals surface area (Å²) in [5, 5.41) is 17.3. The fourth-order valence-electron chi connectivity index (χ4n) is 3.46. The van der Waals surface area contributed by atoms with E-state index >= 15 is 0 Å². The van der Waals surface area contributed by atoms with Gasteiger partial charge in [-0.25, -0.2) is 8.78 Å². The second-order valence-electron chi connectivity index (χ2n) is 6.93. The molecule has 1 N–H and O–H groups in total. The van der Waals surface area contributed by atoms with Gasteiger partial charge in [-0.05, 0) is 49.0 Å². The van der Waals surface area contributed by atoms with Crippen LogP contribution in [0.2, 0.25) is 0 Å². The van der Waals surface area contributed by atoms with Gasteiger partial charge < -0.3 is 14.9 Å². The quantitative estimate of drug-likeness (QED) is 0.752. The molecule has 3 aromatic rings. The van der Waals surface area contributed by atoms with Crippen molar-refractivity contribution in [1.82, 2.24) is 15.1 Å². The fraction of sp³-hybridized carbons (Fsp3) is 0.238. The third kappa shape index (κ3) is 3.72. The molecule has 4 rings (SSSR count). The van der Waals surface area contributed by atoms with E-state index < -0.39 is 11.6 Å². The normalized spacial score (nSPS) is 14.6. The van der Waals surface area contributed by atoms with Gasteiger partial charge in [0.05, 0.1) is 18.0 Å². The molecule has 1 aliphatic heterocycles. The monoisotopic (exact) mass is 382 g/mol. The molecule has 28 heavy (non-hydrogen) atoms. The summed E-state index contributed by atoms with van der Waals surface area (Å²) in [7, 11) is 2.02. The van der Waals surface area contributed by atoms with Crippen LogP contribution in [-0.2, 0) is 13.2 Å². The van der Waals surface area contributed by atoms with Gasteiger partial charge in [0.2, 0.25) is 0 Å². The van der Waals surface area contributed by atoms with Crippen LogP contribution in [0, 0.1) is 11.6 Å². The van der Waals surface area contributed by atoms with E-state index in [2.05, 4.69) is 15.1 Å². The lowest BCUT2D eigenvalue weighted by molar-refractivity contribution is 0.275. The number of benzene rings is 2. The lowest BCUT2D eigenvalue weighted by Crippen LogP contribution is -2.26. The zero-order chi connectivity index (χ0) is 19.7. The minimum Gasteiger partial charge on any atom is -0.390 e. The van der Waals surface area contributed by atoms with E-state index in [0.29, 0.717) is 30.2 Å². The maximum absolute atomic E-state index is 13.8. The van der Waals surface area contributed by atoms with Crippen molar-refractivity contribution in [3.63, 3.8) is 0 Å². The highest BCUT2D eigenvalue weighted by molar-refractivity contribution is 5.72. The van der Waals surface area contributed by atoms with E-state index in [1.54, 1.807) is 6.07 Å². The molecule has 0 aliphatic carbocycles. The standard InChI is InChI=1S/C21H20F2N4O/c1-26-6-7-27(19-10-16(22)9-17(23)11-19)21-5-2-14(8-15(21)12-26)20-4-3-18(13-28)24-25-20/h2-5,8-11,28H,6-7,12-13H2,1H3. The Morgan fingerprint density at radius 3 is 2.43 bits per heavy atom. The van der Waals surface area contributed by atoms with Crippen LogP contribution in [0.4, 0.5) is 20.2 Å². The van der Waals surface area contributed by atoms with Crippen molar-refractivity contribution >= 4 is 11.4 Å². The average Bonchev–Trinajstić information content (AvgIpc) is 2.85. The zero-order valence-electron chi connectivity index (χ0n) is 15.4. The fourth-order valence-corrected chi connectivity index (χ4v) is 3.46. The first-order chi connectivity index (χ1) is 13.5. The Bertz CT molecular complexity index is 974. The number of aromatic nitrogens is 2. The van der Waals surface area contributed by atoms with Crippen LogP contribution in [0.15, 0.2) is 48.5 Å². The van der Waals surface area contributed by atoms with Gasteiger partial charge in [0.25, 0.3) is 0 Å². The van der Waals surface area contributed by atoms with E-state index in [4.69, 9.17) is 5.11 Å². The molecule has 0 saturated carbocycles. The SMILES string of the molecule is CN1CCN(c2cc(F)cc(F)c2)c2ccc(-c3ccc(CO)nn3)cc2C1. The Kier molecular flexibility index (Phi) is 5.02. The first-order valence-electron chi connectivity index (χ1n) is 9.02. The number of halogens is 2. The van der Waals surface area contributed by atoms with Crippen molar-refractivity contribution in [2.24, 2.45) is 0 Å². The zero-order valence-corrected chi connectivity index (χ0v) is 15.4. The highest BCUT2D eigenvalue weighted by Crippen LogP contribution is 2.34. The van der Waals surface area contributed by atoms with Crippen LogP contribution in [-0.4, -0.2) is 40.3 Å². The molecule has 144 valence electrons. The van der Waals surface area contributed by atoms with Crippen LogP contribution >= 0.6 is 0 Å². The smallest absolute Gasteiger partial charge is 0.128 e. The Balaban J connectivity index is 1.76. The van der Waals surface area contributed by atoms with E-state index in [9.17, 15) is 8.78 Å². The minimum atomic E-state index is -0.593. The molecular formula is C21H20F2N4O. The molecule has 1 aromatic heterocycles. The van der Waals surface area contributed by atoms with Crippen LogP contribution in [0.25, 0.3) is 11.3 Å². The molecule has 0 fully saturated rings. The highest BCUT2D eigenvalue weighted by Gasteiger charge is 2.21. The Morgan fingerprint density at radius 1 is 0.964 bits per heavy atom. The number of rotatable bonds is 3. The molecule has 0 spiro atoms. The maximum Gasteiger partial charge on any atom is 0.128 e. The van der Waals surface area contributed by atoms with Crippen molar-refractivity contribution in [2.45, 2.75) is 13.2 Å². The largest absolute Gasteiger partial charge is 0.390 e. The van der Waals surface area contributed by atoms with Gasteiger partial charge in [-0.1, -0.05) is 6.07 Å². The topological polar surface area (TPSA) is 52.5 Å². The summed E-state index contributed by atoms with van der Waals surface area (Å²) in [6, 6.07) is 13.1. The van der Waals surface area contributed by atoms with Gasteiger partial charge in [-0.2, -0.15) is 10.2 Å². The molecule has 1 aliphatic rings. The summed E-state index contributed by atoms with van der Waals surface area (Å²) in [6.45, 7) is 1.94. The number of anilines is 2. The van der Waals surface area contributed by atoms with Crippen LogP contribution < -0.4 is 4.90 Å². The van der Waals surface area contributed by atoms with Crippen molar-refractivity contribution in [3.05, 3.63) is 71.4 Å². The molecule has 7 heteroatoms. The summed E-state index contributed by atoms with van der Waals surface area (Å²) in [5.74, 6) is -1.19. The lowest BCUT2D eigenvalue weighted by atomic mass is 10.0. The number of likely N-dealkylation sites (N-methyl/N-ethyl adjacent to an activating group) is 1. The molecule has 0 saturated heterocycles. The summed E-state index contributed by atoms with van der Waals surface area (Å²) in [6.07, 6.45) is 0. The number of hydrogen-bond acceptors (Lipinski definition) is 5. The molecular weight excluding hydrogens is 362 g/mol. The van der Waals surface area contributed by atoms with Crippen molar-refractivity contribution in [3.8, 4) is 11.3 Å². The molecule has 2 aromatic carbocycles. The third-order valence-corrected chi connectivity index (χ3v) is 4.85. The van der Waals surface area contributed by atoms with Crippen LogP contribution in [0.5, 0.6) is 0 Å². The molecule has 0 unspecified atom stereocenters. The summed E-state index contributed by atoms with van der Waals surface area (Å²) >= 11 is 0. The van der Waals surface area contributed by atoms with Gasteiger partial charge in [0, 0.05) is 42.6 Å². The lowest BCUT2D eigenvalue weighted by Gasteiger charge is -2.25. The number of aliphatic hydroxyl groups is 1. The van der Waals surface area contributed by atoms with Gasteiger partial charge >= 0.3 is 0 Å². The summed E-state index contributed by atoms with van der Waals surface area (Å²) in [4.78, 5) is 4.11. The van der Waals surface area contributed by atoms with E-state index in [1.165, 1.54) is 12.1 Å². The number of aliphatic hydroxyl groups excluding tert-OH is 1. The molecule has 0 atom stereocenters. The van der Waals surface area contributed by atoms with Gasteiger partial charge in [-0.15, -0.1) is 0 Å². The molecule has 0 bridgehead atoms. The van der Waals surface area contributed by atoms with Gasteiger partial charge in [0.15, 0.2) is 0 Å². The number of fused-ring (bicyclic) bond motifs is 1. The van der Waals surface area contributed by atoms with Gasteiger partial charge in [-0.3, -0.25) is 0 Å². The van der Waals surface area contributed by atoms with E-state index in [0.717, 1.165) is 29.4 Å². The number of nitrogens with zero attached hydrogens (tertiary/aromatic N) is 4. The van der Waals surface area contributed by atoms with E-state index in [-0.39, 0.29) is 6.61 Å². The first kappa shape index (κ1) is 18.5. The second kappa shape index (κ2) is 7.61. The van der Waals surface area contributed by atoms with Crippen molar-refractivity contribution in [1.29, 1.82) is 0 Å². The highest BCUT2D eigenvalue weighted by atomic mass is 19.1. The third-order valence-electron chi connectivity index (χ3n) is 4.85. The average molecular weight is 382 g/mol. The van der Waals surface area contributed by atoms with Crippen LogP contribution in [0.1, 0.15) is 11.3 Å². The summed E-state index contributed by atoms with van der Waals surface area (Å²) in [5.41, 5.74) is 4.56. The molecule has 0 amide bonds. The molecule has 2 heterocycles. The molecule has 5 nitrogen and oxygen atoms in total. The van der Waals surface area contributed by atoms with Gasteiger partial charge in [0.1, 0.15) is 11.6 Å². The second-order valence-corrected chi connectivity index (χ2v) is 6.93. The first-order valence-corrected chi connectivity index (χ1v) is 9.02. The Hall–Kier alpha value is -2.90. The summed E-state index contributed by atoms with van der Waals surface area (Å²) < 4.78 is 27.5. The molecule has 0 radical (unpaired) electrons. The van der Waals surface area contributed by atoms with Crippen molar-refractivity contribution in [2.75, 3.05) is 25.0 Å². The minimum absolute atomic E-state index is 0.151.